The number of nitrogens with one attached hydrogen (secondary N) is 4. The SMILES string of the molecule is S=C(NCCCCNC(=S)NC12CC3CC(CC(C3)C1)C2)NC12CC3CC(CC(C3)C1)C2. The van der Waals surface area contributed by atoms with E-state index in [2.05, 4.69) is 21.3 Å². The van der Waals surface area contributed by atoms with Crippen LogP contribution in [0, 0.1) is 35.5 Å². The zero-order chi connectivity index (χ0) is 21.8. The minimum Gasteiger partial charge on any atom is -0.363 e. The van der Waals surface area contributed by atoms with Crippen molar-refractivity contribution in [3.05, 3.63) is 0 Å². The van der Waals surface area contributed by atoms with Gasteiger partial charge in [0.15, 0.2) is 10.2 Å². The van der Waals surface area contributed by atoms with Crippen LogP contribution in [-0.4, -0.2) is 34.4 Å². The van der Waals surface area contributed by atoms with Gasteiger partial charge in [-0.25, -0.2) is 0 Å². The summed E-state index contributed by atoms with van der Waals surface area (Å²) < 4.78 is 0. The lowest BCUT2D eigenvalue weighted by Crippen LogP contribution is -2.61. The highest BCUT2D eigenvalue weighted by molar-refractivity contribution is 7.80. The van der Waals surface area contributed by atoms with E-state index in [1.165, 1.54) is 77.0 Å². The molecule has 4 N–H and O–H groups in total. The summed E-state index contributed by atoms with van der Waals surface area (Å²) in [5, 5.41) is 16.3. The van der Waals surface area contributed by atoms with Gasteiger partial charge in [0, 0.05) is 24.2 Å². The van der Waals surface area contributed by atoms with Crippen LogP contribution in [0.3, 0.4) is 0 Å². The highest BCUT2D eigenvalue weighted by Gasteiger charge is 2.52. The largest absolute Gasteiger partial charge is 0.363 e. The van der Waals surface area contributed by atoms with Crippen molar-refractivity contribution in [2.75, 3.05) is 13.1 Å². The summed E-state index contributed by atoms with van der Waals surface area (Å²) in [5.41, 5.74) is 0.630. The number of unbranched alkanes of at least 4 members (excludes halogenated alkanes) is 1. The molecule has 0 heterocycles. The molecule has 0 amide bonds. The highest BCUT2D eigenvalue weighted by Crippen LogP contribution is 2.56. The van der Waals surface area contributed by atoms with E-state index in [0.717, 1.165) is 71.7 Å². The van der Waals surface area contributed by atoms with Gasteiger partial charge in [0.1, 0.15) is 0 Å². The molecule has 0 atom stereocenters. The van der Waals surface area contributed by atoms with E-state index in [4.69, 9.17) is 24.4 Å². The number of hydrogen-bond donors (Lipinski definition) is 4. The fourth-order valence-electron chi connectivity index (χ4n) is 9.75. The van der Waals surface area contributed by atoms with E-state index in [9.17, 15) is 0 Å². The maximum Gasteiger partial charge on any atom is 0.166 e. The van der Waals surface area contributed by atoms with Crippen LogP contribution in [0.4, 0.5) is 0 Å². The molecule has 8 saturated carbocycles. The van der Waals surface area contributed by atoms with Crippen molar-refractivity contribution in [1.82, 2.24) is 21.3 Å². The van der Waals surface area contributed by atoms with Crippen molar-refractivity contribution in [2.45, 2.75) is 101 Å². The fraction of sp³-hybridized carbons (Fsp3) is 0.923. The van der Waals surface area contributed by atoms with Gasteiger partial charge in [-0.05, 0) is 150 Å². The monoisotopic (exact) mass is 474 g/mol. The third kappa shape index (κ3) is 4.52. The van der Waals surface area contributed by atoms with Gasteiger partial charge in [0.25, 0.3) is 0 Å². The molecule has 32 heavy (non-hydrogen) atoms. The summed E-state index contributed by atoms with van der Waals surface area (Å²) in [6.45, 7) is 1.91. The maximum absolute atomic E-state index is 5.68. The normalized spacial score (nSPS) is 45.0. The van der Waals surface area contributed by atoms with Gasteiger partial charge >= 0.3 is 0 Å². The van der Waals surface area contributed by atoms with Crippen LogP contribution < -0.4 is 21.3 Å². The maximum atomic E-state index is 5.68. The van der Waals surface area contributed by atoms with Crippen molar-refractivity contribution < 1.29 is 0 Å². The highest BCUT2D eigenvalue weighted by atomic mass is 32.1. The van der Waals surface area contributed by atoms with Crippen LogP contribution in [-0.2, 0) is 0 Å². The first-order valence-corrected chi connectivity index (χ1v) is 14.4. The quantitative estimate of drug-likeness (QED) is 0.319. The van der Waals surface area contributed by atoms with E-state index in [0.29, 0.717) is 11.1 Å². The molecule has 6 heteroatoms. The third-order valence-corrected chi connectivity index (χ3v) is 10.5. The minimum atomic E-state index is 0.315. The van der Waals surface area contributed by atoms with Crippen LogP contribution in [0.2, 0.25) is 0 Å². The molecule has 0 spiro atoms. The van der Waals surface area contributed by atoms with E-state index in [1.54, 1.807) is 0 Å². The van der Waals surface area contributed by atoms with E-state index in [-0.39, 0.29) is 0 Å². The van der Waals surface area contributed by atoms with Crippen molar-refractivity contribution >= 4 is 34.7 Å². The van der Waals surface area contributed by atoms with Gasteiger partial charge in [0.05, 0.1) is 0 Å². The number of rotatable bonds is 7. The van der Waals surface area contributed by atoms with Crippen LogP contribution in [0.15, 0.2) is 0 Å². The van der Waals surface area contributed by atoms with Crippen molar-refractivity contribution in [2.24, 2.45) is 35.5 Å². The lowest BCUT2D eigenvalue weighted by atomic mass is 9.53. The van der Waals surface area contributed by atoms with Gasteiger partial charge in [0.2, 0.25) is 0 Å². The van der Waals surface area contributed by atoms with Gasteiger partial charge in [-0.1, -0.05) is 0 Å². The molecule has 0 aromatic carbocycles. The Labute approximate surface area is 205 Å². The molecular weight excluding hydrogens is 432 g/mol. The Bertz CT molecular complexity index is 618. The molecule has 4 nitrogen and oxygen atoms in total. The lowest BCUT2D eigenvalue weighted by Gasteiger charge is -2.57. The average Bonchev–Trinajstić information content (AvgIpc) is 2.67. The molecule has 0 unspecified atom stereocenters. The molecule has 178 valence electrons. The molecule has 0 saturated heterocycles. The lowest BCUT2D eigenvalue weighted by molar-refractivity contribution is -0.0103. The second kappa shape index (κ2) is 8.55. The average molecular weight is 475 g/mol. The number of thiocarbonyl (C=S) groups is 2. The van der Waals surface area contributed by atoms with Gasteiger partial charge in [-0.15, -0.1) is 0 Å². The van der Waals surface area contributed by atoms with Gasteiger partial charge in [-0.3, -0.25) is 0 Å². The van der Waals surface area contributed by atoms with Gasteiger partial charge in [-0.2, -0.15) is 0 Å². The van der Waals surface area contributed by atoms with Crippen LogP contribution in [0.5, 0.6) is 0 Å². The summed E-state index contributed by atoms with van der Waals surface area (Å²) in [6.07, 6.45) is 19.2. The molecule has 0 aromatic heterocycles. The van der Waals surface area contributed by atoms with Crippen LogP contribution >= 0.6 is 24.4 Å². The predicted molar refractivity (Wildman–Crippen MR) is 139 cm³/mol. The summed E-state index contributed by atoms with van der Waals surface area (Å²) in [7, 11) is 0. The van der Waals surface area contributed by atoms with Crippen LogP contribution in [0.25, 0.3) is 0 Å². The molecule has 8 aliphatic rings. The molecule has 0 aromatic rings. The molecule has 8 aliphatic carbocycles. The van der Waals surface area contributed by atoms with Crippen molar-refractivity contribution in [3.63, 3.8) is 0 Å². The van der Waals surface area contributed by atoms with Crippen LogP contribution in [0.1, 0.15) is 89.9 Å². The summed E-state index contributed by atoms with van der Waals surface area (Å²) in [5.74, 6) is 5.74. The summed E-state index contributed by atoms with van der Waals surface area (Å²) >= 11 is 11.4. The fourth-order valence-corrected chi connectivity index (χ4v) is 10.4. The Morgan fingerprint density at radius 3 is 1.09 bits per heavy atom. The first kappa shape index (κ1) is 21.9. The second-order valence-corrected chi connectivity index (χ2v) is 13.7. The molecule has 0 aliphatic heterocycles. The van der Waals surface area contributed by atoms with E-state index in [1.807, 2.05) is 0 Å². The van der Waals surface area contributed by atoms with Crippen molar-refractivity contribution in [3.8, 4) is 0 Å². The molecule has 0 radical (unpaired) electrons. The molecule has 8 rings (SSSR count). The number of hydrogen-bond acceptors (Lipinski definition) is 2. The predicted octanol–water partition coefficient (Wildman–Crippen LogP) is 4.63. The Balaban J connectivity index is 0.866. The molecular formula is C26H42N4S2. The Kier molecular flexibility index (Phi) is 5.85. The minimum absolute atomic E-state index is 0.315. The first-order valence-electron chi connectivity index (χ1n) is 13.6. The van der Waals surface area contributed by atoms with Gasteiger partial charge < -0.3 is 21.3 Å². The molecule has 8 fully saturated rings. The first-order chi connectivity index (χ1) is 15.5. The Morgan fingerprint density at radius 2 is 0.812 bits per heavy atom. The third-order valence-electron chi connectivity index (χ3n) is 10.0. The summed E-state index contributed by atoms with van der Waals surface area (Å²) in [6, 6.07) is 0. The standard InChI is InChI=1S/C26H42N4S2/c31-23(29-25-11-17-5-18(12-25)7-19(6-17)13-25)27-3-1-2-4-28-24(32)30-26-14-20-8-21(15-26)10-22(9-20)16-26/h17-22H,1-16H2,(H2,27,29,31)(H2,28,30,32). The zero-order valence-corrected chi connectivity index (χ0v) is 21.2. The Morgan fingerprint density at radius 1 is 0.531 bits per heavy atom. The summed E-state index contributed by atoms with van der Waals surface area (Å²) in [4.78, 5) is 0. The topological polar surface area (TPSA) is 48.1 Å². The smallest absolute Gasteiger partial charge is 0.166 e. The Hall–Kier alpha value is -0.620. The van der Waals surface area contributed by atoms with Crippen molar-refractivity contribution in [1.29, 1.82) is 0 Å². The molecule has 8 bridgehead atoms. The second-order valence-electron chi connectivity index (χ2n) is 12.9. The zero-order valence-electron chi connectivity index (χ0n) is 19.6. The van der Waals surface area contributed by atoms with E-state index >= 15 is 0 Å². The van der Waals surface area contributed by atoms with E-state index < -0.39 is 0 Å².